The lowest BCUT2D eigenvalue weighted by atomic mass is 10.3. The first-order valence-corrected chi connectivity index (χ1v) is 6.90. The fraction of sp³-hybridized carbons (Fsp3) is 0.429. The van der Waals surface area contributed by atoms with Crippen LogP contribution in [-0.2, 0) is 4.79 Å². The maximum absolute atomic E-state index is 11.5. The second-order valence-electron chi connectivity index (χ2n) is 5.09. The average Bonchev–Trinajstić information content (AvgIpc) is 3.12. The largest absolute Gasteiger partial charge is 0.423 e. The molecule has 1 heterocycles. The van der Waals surface area contributed by atoms with E-state index in [0.29, 0.717) is 41.8 Å². The summed E-state index contributed by atoms with van der Waals surface area (Å²) in [6, 6.07) is 6.31. The minimum Gasteiger partial charge on any atom is -0.423 e. The predicted molar refractivity (Wildman–Crippen MR) is 77.3 cm³/mol. The predicted octanol–water partition coefficient (Wildman–Crippen LogP) is 1.88. The summed E-state index contributed by atoms with van der Waals surface area (Å²) in [5, 5.41) is 6.03. The Morgan fingerprint density at radius 3 is 3.05 bits per heavy atom. The number of nitrogens with one attached hydrogen (secondary N) is 2. The molecule has 6 heteroatoms. The number of benzene rings is 1. The van der Waals surface area contributed by atoms with Gasteiger partial charge in [0.1, 0.15) is 5.52 Å². The van der Waals surface area contributed by atoms with Gasteiger partial charge in [-0.3, -0.25) is 4.79 Å². The summed E-state index contributed by atoms with van der Waals surface area (Å²) in [5.41, 5.74) is 7.75. The molecule has 0 spiro atoms. The van der Waals surface area contributed by atoms with Crippen molar-refractivity contribution in [2.75, 3.05) is 17.6 Å². The van der Waals surface area contributed by atoms with E-state index in [0.717, 1.165) is 19.3 Å². The Morgan fingerprint density at radius 1 is 1.45 bits per heavy atom. The number of nitrogens with zero attached hydrogens (tertiary/aromatic N) is 1. The van der Waals surface area contributed by atoms with Crippen LogP contribution in [0.5, 0.6) is 0 Å². The van der Waals surface area contributed by atoms with E-state index < -0.39 is 0 Å². The van der Waals surface area contributed by atoms with Crippen LogP contribution in [0.2, 0.25) is 0 Å². The van der Waals surface area contributed by atoms with Gasteiger partial charge in [-0.05, 0) is 31.4 Å². The quantitative estimate of drug-likeness (QED) is 0.552. The van der Waals surface area contributed by atoms with Gasteiger partial charge in [-0.25, -0.2) is 0 Å². The summed E-state index contributed by atoms with van der Waals surface area (Å²) in [6.07, 6.45) is 3.50. The second-order valence-corrected chi connectivity index (χ2v) is 5.09. The van der Waals surface area contributed by atoms with Crippen LogP contribution >= 0.6 is 0 Å². The topological polar surface area (TPSA) is 93.2 Å². The Morgan fingerprint density at radius 2 is 2.30 bits per heavy atom. The molecule has 3 rings (SSSR count). The van der Waals surface area contributed by atoms with Crippen LogP contribution in [0.25, 0.3) is 11.1 Å². The molecule has 1 amide bonds. The molecule has 0 atom stereocenters. The van der Waals surface area contributed by atoms with Crippen LogP contribution in [0.15, 0.2) is 22.6 Å². The maximum Gasteiger partial charge on any atom is 0.295 e. The van der Waals surface area contributed by atoms with Crippen LogP contribution in [0.1, 0.15) is 25.7 Å². The Bertz CT molecular complexity index is 619. The minimum atomic E-state index is 0.121. The van der Waals surface area contributed by atoms with Gasteiger partial charge in [0.15, 0.2) is 5.58 Å². The van der Waals surface area contributed by atoms with Crippen molar-refractivity contribution in [2.24, 2.45) is 0 Å². The first-order chi connectivity index (χ1) is 9.72. The number of fused-ring (bicyclic) bond motifs is 1. The second kappa shape index (κ2) is 5.40. The number of hydrogen-bond acceptors (Lipinski definition) is 5. The van der Waals surface area contributed by atoms with Gasteiger partial charge in [-0.1, -0.05) is 6.07 Å². The first-order valence-electron chi connectivity index (χ1n) is 6.90. The van der Waals surface area contributed by atoms with E-state index >= 15 is 0 Å². The number of rotatable bonds is 6. The van der Waals surface area contributed by atoms with Crippen LogP contribution in [0, 0.1) is 0 Å². The van der Waals surface area contributed by atoms with Gasteiger partial charge < -0.3 is 20.8 Å². The highest BCUT2D eigenvalue weighted by atomic mass is 16.4. The fourth-order valence-corrected chi connectivity index (χ4v) is 2.02. The molecule has 0 aliphatic heterocycles. The van der Waals surface area contributed by atoms with Crippen molar-refractivity contribution in [1.29, 1.82) is 0 Å². The number of anilines is 2. The molecule has 1 fully saturated rings. The van der Waals surface area contributed by atoms with Crippen molar-refractivity contribution in [3.63, 3.8) is 0 Å². The molecule has 0 bridgehead atoms. The van der Waals surface area contributed by atoms with Gasteiger partial charge in [-0.2, -0.15) is 4.98 Å². The third kappa shape index (κ3) is 3.01. The van der Waals surface area contributed by atoms with Crippen molar-refractivity contribution in [1.82, 2.24) is 10.3 Å². The van der Waals surface area contributed by atoms with E-state index in [1.54, 1.807) is 6.07 Å². The summed E-state index contributed by atoms with van der Waals surface area (Å²) in [4.78, 5) is 15.8. The molecule has 1 aliphatic carbocycles. The van der Waals surface area contributed by atoms with E-state index in [4.69, 9.17) is 10.2 Å². The van der Waals surface area contributed by atoms with E-state index in [1.165, 1.54) is 0 Å². The Hall–Kier alpha value is -2.24. The lowest BCUT2D eigenvalue weighted by Gasteiger charge is -2.03. The molecule has 2 aromatic rings. The lowest BCUT2D eigenvalue weighted by Crippen LogP contribution is -2.25. The van der Waals surface area contributed by atoms with Crippen LogP contribution < -0.4 is 16.4 Å². The molecule has 0 radical (unpaired) electrons. The first kappa shape index (κ1) is 12.8. The highest BCUT2D eigenvalue weighted by Gasteiger charge is 2.22. The number of nitrogens with two attached hydrogens (primary N) is 1. The van der Waals surface area contributed by atoms with Crippen molar-refractivity contribution < 1.29 is 9.21 Å². The number of carbonyl (C=O) groups is 1. The highest BCUT2D eigenvalue weighted by Crippen LogP contribution is 2.23. The summed E-state index contributed by atoms with van der Waals surface area (Å²) < 4.78 is 5.53. The molecule has 1 aromatic carbocycles. The molecule has 20 heavy (non-hydrogen) atoms. The van der Waals surface area contributed by atoms with Gasteiger partial charge in [0.2, 0.25) is 5.91 Å². The number of amides is 1. The summed E-state index contributed by atoms with van der Waals surface area (Å²) in [6.45, 7) is 0.644. The van der Waals surface area contributed by atoms with Crippen molar-refractivity contribution in [3.8, 4) is 0 Å². The number of nitrogen functional groups attached to an aromatic ring is 1. The van der Waals surface area contributed by atoms with Crippen molar-refractivity contribution in [3.05, 3.63) is 18.2 Å². The van der Waals surface area contributed by atoms with Gasteiger partial charge in [0.05, 0.1) is 5.69 Å². The van der Waals surface area contributed by atoms with Crippen LogP contribution in [0.3, 0.4) is 0 Å². The number of aromatic nitrogens is 1. The van der Waals surface area contributed by atoms with Crippen LogP contribution in [-0.4, -0.2) is 23.5 Å². The molecule has 0 unspecified atom stereocenters. The third-order valence-electron chi connectivity index (χ3n) is 3.25. The summed E-state index contributed by atoms with van der Waals surface area (Å²) in [7, 11) is 0. The standard InChI is InChI=1S/C14H18N4O2/c15-10-3-1-4-11-13(10)18-14(20-11)16-8-2-5-12(19)17-9-6-7-9/h1,3-4,9H,2,5-8,15H2,(H,16,18)(H,17,19). The number of oxazole rings is 1. The molecule has 1 saturated carbocycles. The number of para-hydroxylation sites is 1. The maximum atomic E-state index is 11.5. The SMILES string of the molecule is Nc1cccc2oc(NCCCC(=O)NC3CC3)nc12. The Kier molecular flexibility index (Phi) is 3.45. The molecular weight excluding hydrogens is 256 g/mol. The summed E-state index contributed by atoms with van der Waals surface area (Å²) in [5.74, 6) is 0.121. The fourth-order valence-electron chi connectivity index (χ4n) is 2.02. The molecular formula is C14H18N4O2. The normalized spacial score (nSPS) is 14.4. The molecule has 1 aliphatic rings. The van der Waals surface area contributed by atoms with Crippen molar-refractivity contribution >= 4 is 28.7 Å². The van der Waals surface area contributed by atoms with E-state index in [2.05, 4.69) is 15.6 Å². The van der Waals surface area contributed by atoms with E-state index in [-0.39, 0.29) is 5.91 Å². The average molecular weight is 274 g/mol. The van der Waals surface area contributed by atoms with Gasteiger partial charge in [0, 0.05) is 19.0 Å². The zero-order valence-electron chi connectivity index (χ0n) is 11.2. The summed E-state index contributed by atoms with van der Waals surface area (Å²) >= 11 is 0. The molecule has 4 N–H and O–H groups in total. The van der Waals surface area contributed by atoms with Crippen LogP contribution in [0.4, 0.5) is 11.7 Å². The Balaban J connectivity index is 1.47. The zero-order valence-corrected chi connectivity index (χ0v) is 11.2. The smallest absolute Gasteiger partial charge is 0.295 e. The molecule has 6 nitrogen and oxygen atoms in total. The van der Waals surface area contributed by atoms with Gasteiger partial charge in [-0.15, -0.1) is 0 Å². The van der Waals surface area contributed by atoms with E-state index in [9.17, 15) is 4.79 Å². The van der Waals surface area contributed by atoms with Crippen molar-refractivity contribution in [2.45, 2.75) is 31.7 Å². The minimum absolute atomic E-state index is 0.121. The Labute approximate surface area is 116 Å². The number of hydrogen-bond donors (Lipinski definition) is 3. The lowest BCUT2D eigenvalue weighted by molar-refractivity contribution is -0.121. The monoisotopic (exact) mass is 274 g/mol. The molecule has 106 valence electrons. The third-order valence-corrected chi connectivity index (χ3v) is 3.25. The molecule has 0 saturated heterocycles. The van der Waals surface area contributed by atoms with E-state index in [1.807, 2.05) is 12.1 Å². The number of carbonyl (C=O) groups excluding carboxylic acids is 1. The highest BCUT2D eigenvalue weighted by molar-refractivity contribution is 5.86. The zero-order chi connectivity index (χ0) is 13.9. The van der Waals surface area contributed by atoms with Gasteiger partial charge in [0.25, 0.3) is 6.01 Å². The van der Waals surface area contributed by atoms with Gasteiger partial charge >= 0.3 is 0 Å². The molecule has 1 aromatic heterocycles.